The maximum atomic E-state index is 12.0. The van der Waals surface area contributed by atoms with Crippen molar-refractivity contribution in [3.05, 3.63) is 59.8 Å². The number of nitrogens with one attached hydrogen (secondary N) is 1. The molecule has 2 heterocycles. The minimum atomic E-state index is -0.249. The highest BCUT2D eigenvalue weighted by molar-refractivity contribution is 5.77. The van der Waals surface area contributed by atoms with E-state index >= 15 is 0 Å². The van der Waals surface area contributed by atoms with Crippen molar-refractivity contribution in [2.24, 2.45) is 0 Å². The molecule has 0 bridgehead atoms. The predicted octanol–water partition coefficient (Wildman–Crippen LogP) is 3.37. The molecule has 4 rings (SSSR count). The Morgan fingerprint density at radius 2 is 2.07 bits per heavy atom. The first-order valence-electron chi connectivity index (χ1n) is 9.40. The molecule has 0 saturated carbocycles. The summed E-state index contributed by atoms with van der Waals surface area (Å²) in [5, 5.41) is 6.81. The van der Waals surface area contributed by atoms with Crippen LogP contribution < -0.4 is 19.5 Å². The molecule has 29 heavy (non-hydrogen) atoms. The zero-order chi connectivity index (χ0) is 20.2. The fourth-order valence-electron chi connectivity index (χ4n) is 3.19. The Balaban J connectivity index is 1.30. The molecule has 1 amide bonds. The summed E-state index contributed by atoms with van der Waals surface area (Å²) in [6.07, 6.45) is 1.08. The van der Waals surface area contributed by atoms with Crippen molar-refractivity contribution in [2.75, 3.05) is 13.7 Å². The van der Waals surface area contributed by atoms with E-state index in [1.807, 2.05) is 31.2 Å². The fourth-order valence-corrected chi connectivity index (χ4v) is 3.19. The molecule has 7 heteroatoms. The molecular weight excluding hydrogens is 372 g/mol. The van der Waals surface area contributed by atoms with Crippen LogP contribution in [0.15, 0.2) is 53.1 Å². The predicted molar refractivity (Wildman–Crippen MR) is 106 cm³/mol. The second-order valence-electron chi connectivity index (χ2n) is 6.88. The number of carbonyl (C=O) groups is 1. The fraction of sp³-hybridized carbons (Fsp3) is 0.273. The van der Waals surface area contributed by atoms with Gasteiger partial charge in [-0.1, -0.05) is 11.2 Å². The van der Waals surface area contributed by atoms with E-state index in [1.54, 1.807) is 25.3 Å². The second kappa shape index (κ2) is 8.26. The van der Waals surface area contributed by atoms with E-state index in [0.29, 0.717) is 23.0 Å². The Bertz CT molecular complexity index is 1010. The van der Waals surface area contributed by atoms with Gasteiger partial charge in [-0.3, -0.25) is 4.79 Å². The molecule has 0 aliphatic carbocycles. The number of amides is 1. The third-order valence-electron chi connectivity index (χ3n) is 4.62. The Hall–Kier alpha value is -3.48. The molecule has 0 fully saturated rings. The van der Waals surface area contributed by atoms with Gasteiger partial charge >= 0.3 is 0 Å². The first-order valence-corrected chi connectivity index (χ1v) is 9.40. The van der Waals surface area contributed by atoms with Crippen LogP contribution >= 0.6 is 0 Å². The van der Waals surface area contributed by atoms with E-state index in [9.17, 15) is 4.79 Å². The standard InChI is InChI=1S/C22H22N2O5/c1-14-8-16-9-15(6-7-20(16)28-14)21-10-17(24-29-21)12-23-22(25)13-27-19-5-3-4-18(11-19)26-2/h3-7,9-11,14H,8,12-13H2,1-2H3,(H,23,25). The first-order chi connectivity index (χ1) is 14.1. The number of fused-ring (bicyclic) bond motifs is 1. The average Bonchev–Trinajstić information content (AvgIpc) is 3.35. The normalized spacial score (nSPS) is 14.8. The van der Waals surface area contributed by atoms with Crippen molar-refractivity contribution in [3.8, 4) is 28.6 Å². The van der Waals surface area contributed by atoms with Crippen molar-refractivity contribution in [1.29, 1.82) is 0 Å². The zero-order valence-corrected chi connectivity index (χ0v) is 16.3. The van der Waals surface area contributed by atoms with Crippen LogP contribution in [-0.2, 0) is 17.8 Å². The molecule has 1 atom stereocenters. The minimum absolute atomic E-state index is 0.0963. The number of rotatable bonds is 7. The number of ether oxygens (including phenoxy) is 3. The molecule has 0 saturated heterocycles. The van der Waals surface area contributed by atoms with Gasteiger partial charge in [-0.05, 0) is 42.8 Å². The van der Waals surface area contributed by atoms with Gasteiger partial charge in [0.05, 0.1) is 13.7 Å². The van der Waals surface area contributed by atoms with Gasteiger partial charge in [0.1, 0.15) is 29.0 Å². The van der Waals surface area contributed by atoms with Gasteiger partial charge in [0.15, 0.2) is 12.4 Å². The molecule has 150 valence electrons. The lowest BCUT2D eigenvalue weighted by Crippen LogP contribution is -2.28. The Morgan fingerprint density at radius 3 is 2.93 bits per heavy atom. The molecule has 1 N–H and O–H groups in total. The second-order valence-corrected chi connectivity index (χ2v) is 6.88. The van der Waals surface area contributed by atoms with Crippen LogP contribution in [0.2, 0.25) is 0 Å². The topological polar surface area (TPSA) is 82.8 Å². The lowest BCUT2D eigenvalue weighted by atomic mass is 10.1. The quantitative estimate of drug-likeness (QED) is 0.662. The molecular formula is C22H22N2O5. The molecule has 1 aliphatic rings. The van der Waals surface area contributed by atoms with E-state index < -0.39 is 0 Å². The Kier molecular flexibility index (Phi) is 5.37. The van der Waals surface area contributed by atoms with E-state index in [0.717, 1.165) is 23.3 Å². The van der Waals surface area contributed by atoms with Crippen LogP contribution in [-0.4, -0.2) is 30.9 Å². The smallest absolute Gasteiger partial charge is 0.258 e. The highest BCUT2D eigenvalue weighted by Gasteiger charge is 2.20. The minimum Gasteiger partial charge on any atom is -0.497 e. The maximum Gasteiger partial charge on any atom is 0.258 e. The number of nitrogens with zero attached hydrogens (tertiary/aromatic N) is 1. The van der Waals surface area contributed by atoms with Gasteiger partial charge in [0.25, 0.3) is 5.91 Å². The number of aromatic nitrogens is 1. The molecule has 2 aromatic carbocycles. The highest BCUT2D eigenvalue weighted by Crippen LogP contribution is 2.33. The third kappa shape index (κ3) is 4.51. The van der Waals surface area contributed by atoms with Crippen LogP contribution in [0.3, 0.4) is 0 Å². The molecule has 0 radical (unpaired) electrons. The van der Waals surface area contributed by atoms with Crippen LogP contribution in [0.4, 0.5) is 0 Å². The molecule has 7 nitrogen and oxygen atoms in total. The van der Waals surface area contributed by atoms with E-state index in [2.05, 4.69) is 16.5 Å². The third-order valence-corrected chi connectivity index (χ3v) is 4.62. The summed E-state index contributed by atoms with van der Waals surface area (Å²) in [5.41, 5.74) is 2.74. The summed E-state index contributed by atoms with van der Waals surface area (Å²) in [4.78, 5) is 12.0. The van der Waals surface area contributed by atoms with Gasteiger partial charge < -0.3 is 24.1 Å². The Labute approximate surface area is 168 Å². The first kappa shape index (κ1) is 18.9. The summed E-state index contributed by atoms with van der Waals surface area (Å²) in [6, 6.07) is 14.9. The van der Waals surface area contributed by atoms with Gasteiger partial charge in [0.2, 0.25) is 0 Å². The van der Waals surface area contributed by atoms with Gasteiger partial charge in [-0.2, -0.15) is 0 Å². The maximum absolute atomic E-state index is 12.0. The lowest BCUT2D eigenvalue weighted by molar-refractivity contribution is -0.123. The van der Waals surface area contributed by atoms with Crippen molar-refractivity contribution in [2.45, 2.75) is 26.0 Å². The van der Waals surface area contributed by atoms with Crippen LogP contribution in [0.25, 0.3) is 11.3 Å². The number of benzene rings is 2. The molecule has 1 aliphatic heterocycles. The summed E-state index contributed by atoms with van der Waals surface area (Å²) >= 11 is 0. The van der Waals surface area contributed by atoms with E-state index in [4.69, 9.17) is 18.7 Å². The van der Waals surface area contributed by atoms with Crippen molar-refractivity contribution in [3.63, 3.8) is 0 Å². The lowest BCUT2D eigenvalue weighted by Gasteiger charge is -2.07. The van der Waals surface area contributed by atoms with E-state index in [1.165, 1.54) is 0 Å². The van der Waals surface area contributed by atoms with Crippen molar-refractivity contribution >= 4 is 5.91 Å². The van der Waals surface area contributed by atoms with Crippen molar-refractivity contribution in [1.82, 2.24) is 10.5 Å². The summed E-state index contributed by atoms with van der Waals surface area (Å²) < 4.78 is 21.8. The van der Waals surface area contributed by atoms with Gasteiger partial charge in [-0.15, -0.1) is 0 Å². The summed E-state index contributed by atoms with van der Waals surface area (Å²) in [5.74, 6) is 2.57. The number of hydrogen-bond donors (Lipinski definition) is 1. The van der Waals surface area contributed by atoms with Gasteiger partial charge in [0, 0.05) is 24.1 Å². The van der Waals surface area contributed by atoms with E-state index in [-0.39, 0.29) is 25.2 Å². The SMILES string of the molecule is COc1cccc(OCC(=O)NCc2cc(-c3ccc4c(c3)CC(C)O4)on2)c1. The Morgan fingerprint density at radius 1 is 1.21 bits per heavy atom. The summed E-state index contributed by atoms with van der Waals surface area (Å²) in [7, 11) is 1.58. The van der Waals surface area contributed by atoms with Crippen LogP contribution in [0, 0.1) is 0 Å². The monoisotopic (exact) mass is 394 g/mol. The average molecular weight is 394 g/mol. The number of hydrogen-bond acceptors (Lipinski definition) is 6. The van der Waals surface area contributed by atoms with Crippen molar-refractivity contribution < 1.29 is 23.5 Å². The number of methoxy groups -OCH3 is 1. The molecule has 3 aromatic rings. The molecule has 1 aromatic heterocycles. The molecule has 0 spiro atoms. The summed E-state index contributed by atoms with van der Waals surface area (Å²) in [6.45, 7) is 2.21. The van der Waals surface area contributed by atoms with Gasteiger partial charge in [-0.25, -0.2) is 0 Å². The number of carbonyl (C=O) groups excluding carboxylic acids is 1. The molecule has 1 unspecified atom stereocenters. The van der Waals surface area contributed by atoms with Crippen LogP contribution in [0.5, 0.6) is 17.2 Å². The zero-order valence-electron chi connectivity index (χ0n) is 16.3. The largest absolute Gasteiger partial charge is 0.497 e. The highest BCUT2D eigenvalue weighted by atomic mass is 16.5. The van der Waals surface area contributed by atoms with Crippen LogP contribution in [0.1, 0.15) is 18.2 Å².